The molecular formula is C13H16F2O6. The van der Waals surface area contributed by atoms with Gasteiger partial charge in [0, 0.05) is 0 Å². The zero-order chi connectivity index (χ0) is 15.8. The molecule has 1 fully saturated rings. The van der Waals surface area contributed by atoms with Crippen molar-refractivity contribution in [3.63, 3.8) is 0 Å². The van der Waals surface area contributed by atoms with Crippen LogP contribution >= 0.6 is 0 Å². The SMILES string of the molecule is OCC1C(O)C(O)C(O)C(Oc2ccc(O)cc2)C1(F)F. The molecule has 0 amide bonds. The van der Waals surface area contributed by atoms with E-state index in [2.05, 4.69) is 0 Å². The lowest BCUT2D eigenvalue weighted by atomic mass is 9.78. The molecule has 0 spiro atoms. The summed E-state index contributed by atoms with van der Waals surface area (Å²) in [6.07, 6.45) is -8.02. The molecule has 5 unspecified atom stereocenters. The molecule has 5 N–H and O–H groups in total. The number of hydrogen-bond acceptors (Lipinski definition) is 6. The molecule has 0 heterocycles. The van der Waals surface area contributed by atoms with E-state index in [0.717, 1.165) is 0 Å². The lowest BCUT2D eigenvalue weighted by Gasteiger charge is -2.45. The molecule has 0 aliphatic heterocycles. The smallest absolute Gasteiger partial charge is 0.294 e. The number of halogens is 2. The van der Waals surface area contributed by atoms with Gasteiger partial charge in [0.2, 0.25) is 0 Å². The highest BCUT2D eigenvalue weighted by Gasteiger charge is 2.62. The Hall–Kier alpha value is -1.48. The van der Waals surface area contributed by atoms with Gasteiger partial charge in [-0.3, -0.25) is 0 Å². The Balaban J connectivity index is 2.28. The summed E-state index contributed by atoms with van der Waals surface area (Å²) >= 11 is 0. The number of phenolic OH excluding ortho intramolecular Hbond substituents is 1. The maximum atomic E-state index is 14.2. The van der Waals surface area contributed by atoms with E-state index in [0.29, 0.717) is 0 Å². The summed E-state index contributed by atoms with van der Waals surface area (Å²) in [6.45, 7) is -1.08. The minimum atomic E-state index is -3.76. The normalized spacial score (nSPS) is 35.4. The van der Waals surface area contributed by atoms with Crippen LogP contribution in [0.15, 0.2) is 24.3 Å². The maximum Gasteiger partial charge on any atom is 0.294 e. The molecule has 0 bridgehead atoms. The molecule has 8 heteroatoms. The van der Waals surface area contributed by atoms with E-state index in [9.17, 15) is 24.1 Å². The van der Waals surface area contributed by atoms with Crippen molar-refractivity contribution in [3.8, 4) is 11.5 Å². The number of phenols is 1. The van der Waals surface area contributed by atoms with Crippen LogP contribution in [-0.2, 0) is 0 Å². The van der Waals surface area contributed by atoms with Crippen LogP contribution < -0.4 is 4.74 Å². The molecule has 5 atom stereocenters. The average molecular weight is 306 g/mol. The van der Waals surface area contributed by atoms with Crippen LogP contribution in [0, 0.1) is 5.92 Å². The fraction of sp³-hybridized carbons (Fsp3) is 0.538. The van der Waals surface area contributed by atoms with Gasteiger partial charge in [-0.1, -0.05) is 0 Å². The first-order chi connectivity index (χ1) is 9.78. The van der Waals surface area contributed by atoms with Crippen molar-refractivity contribution in [3.05, 3.63) is 24.3 Å². The van der Waals surface area contributed by atoms with Gasteiger partial charge in [0.05, 0.1) is 18.6 Å². The molecule has 0 radical (unpaired) electrons. The molecule has 1 aliphatic carbocycles. The van der Waals surface area contributed by atoms with Crippen molar-refractivity contribution in [2.75, 3.05) is 6.61 Å². The molecular weight excluding hydrogens is 290 g/mol. The number of aromatic hydroxyl groups is 1. The van der Waals surface area contributed by atoms with E-state index < -0.39 is 42.9 Å². The van der Waals surface area contributed by atoms with Gasteiger partial charge in [-0.15, -0.1) is 0 Å². The molecule has 1 aromatic rings. The average Bonchev–Trinajstić information content (AvgIpc) is 2.44. The molecule has 118 valence electrons. The minimum absolute atomic E-state index is 0.0585. The monoisotopic (exact) mass is 306 g/mol. The third kappa shape index (κ3) is 2.80. The van der Waals surface area contributed by atoms with E-state index in [1.807, 2.05) is 0 Å². The number of aliphatic hydroxyl groups is 4. The third-order valence-corrected chi connectivity index (χ3v) is 3.59. The maximum absolute atomic E-state index is 14.2. The second kappa shape index (κ2) is 5.72. The van der Waals surface area contributed by atoms with E-state index in [1.165, 1.54) is 24.3 Å². The van der Waals surface area contributed by atoms with Gasteiger partial charge in [0.15, 0.2) is 6.10 Å². The van der Waals surface area contributed by atoms with Crippen molar-refractivity contribution < 1.29 is 39.1 Å². The summed E-state index contributed by atoms with van der Waals surface area (Å²) in [5, 5.41) is 47.0. The van der Waals surface area contributed by atoms with Gasteiger partial charge < -0.3 is 30.3 Å². The summed E-state index contributed by atoms with van der Waals surface area (Å²) in [6, 6.07) is 4.84. The largest absolute Gasteiger partial charge is 0.508 e. The number of aliphatic hydroxyl groups excluding tert-OH is 4. The highest BCUT2D eigenvalue weighted by atomic mass is 19.3. The molecule has 1 aliphatic rings. The van der Waals surface area contributed by atoms with Crippen LogP contribution in [0.25, 0.3) is 0 Å². The predicted molar refractivity (Wildman–Crippen MR) is 66.1 cm³/mol. The zero-order valence-corrected chi connectivity index (χ0v) is 10.8. The summed E-state index contributed by atoms with van der Waals surface area (Å²) in [5.74, 6) is -5.87. The molecule has 6 nitrogen and oxygen atoms in total. The molecule has 2 rings (SSSR count). The van der Waals surface area contributed by atoms with Crippen LogP contribution in [0.1, 0.15) is 0 Å². The quantitative estimate of drug-likeness (QED) is 0.514. The predicted octanol–water partition coefficient (Wildman–Crippen LogP) is -0.520. The topological polar surface area (TPSA) is 110 Å². The summed E-state index contributed by atoms with van der Waals surface area (Å²) < 4.78 is 33.4. The summed E-state index contributed by atoms with van der Waals surface area (Å²) in [7, 11) is 0. The first-order valence-electron chi connectivity index (χ1n) is 6.27. The van der Waals surface area contributed by atoms with Crippen LogP contribution in [-0.4, -0.2) is 62.5 Å². The number of ether oxygens (including phenoxy) is 1. The van der Waals surface area contributed by atoms with E-state index in [-0.39, 0.29) is 11.5 Å². The molecule has 21 heavy (non-hydrogen) atoms. The molecule has 0 aromatic heterocycles. The lowest BCUT2D eigenvalue weighted by molar-refractivity contribution is -0.266. The fourth-order valence-electron chi connectivity index (χ4n) is 2.33. The minimum Gasteiger partial charge on any atom is -0.508 e. The second-order valence-electron chi connectivity index (χ2n) is 4.97. The highest BCUT2D eigenvalue weighted by Crippen LogP contribution is 2.41. The Morgan fingerprint density at radius 3 is 2.10 bits per heavy atom. The van der Waals surface area contributed by atoms with Crippen molar-refractivity contribution in [2.24, 2.45) is 5.92 Å². The first-order valence-corrected chi connectivity index (χ1v) is 6.27. The molecule has 0 saturated heterocycles. The lowest BCUT2D eigenvalue weighted by Crippen LogP contribution is -2.67. The van der Waals surface area contributed by atoms with Crippen LogP contribution in [0.2, 0.25) is 0 Å². The van der Waals surface area contributed by atoms with Crippen molar-refractivity contribution in [2.45, 2.75) is 30.3 Å². The Morgan fingerprint density at radius 2 is 1.57 bits per heavy atom. The number of alkyl halides is 2. The number of benzene rings is 1. The van der Waals surface area contributed by atoms with Crippen molar-refractivity contribution in [1.29, 1.82) is 0 Å². The Kier molecular flexibility index (Phi) is 4.33. The van der Waals surface area contributed by atoms with Gasteiger partial charge in [-0.2, -0.15) is 0 Å². The van der Waals surface area contributed by atoms with Gasteiger partial charge in [-0.05, 0) is 24.3 Å². The van der Waals surface area contributed by atoms with Gasteiger partial charge >= 0.3 is 0 Å². The second-order valence-corrected chi connectivity index (χ2v) is 4.97. The van der Waals surface area contributed by atoms with Gasteiger partial charge in [0.1, 0.15) is 23.7 Å². The van der Waals surface area contributed by atoms with Crippen molar-refractivity contribution in [1.82, 2.24) is 0 Å². The van der Waals surface area contributed by atoms with Gasteiger partial charge in [0.25, 0.3) is 5.92 Å². The standard InChI is InChI=1S/C13H16F2O6/c14-13(15)8(5-16)9(18)10(19)11(20)12(13)21-7-3-1-6(17)2-4-7/h1-4,8-12,16-20H,5H2. The van der Waals surface area contributed by atoms with Gasteiger partial charge in [-0.25, -0.2) is 8.78 Å². The Bertz CT molecular complexity index is 480. The Labute approximate surface area is 118 Å². The Morgan fingerprint density at radius 1 is 1.00 bits per heavy atom. The van der Waals surface area contributed by atoms with Crippen LogP contribution in [0.3, 0.4) is 0 Å². The zero-order valence-electron chi connectivity index (χ0n) is 10.8. The highest BCUT2D eigenvalue weighted by molar-refractivity contribution is 5.30. The molecule has 1 aromatic carbocycles. The van der Waals surface area contributed by atoms with E-state index in [4.69, 9.17) is 14.9 Å². The van der Waals surface area contributed by atoms with Crippen LogP contribution in [0.4, 0.5) is 8.78 Å². The summed E-state index contributed by atoms with van der Waals surface area (Å²) in [4.78, 5) is 0. The van der Waals surface area contributed by atoms with Crippen LogP contribution in [0.5, 0.6) is 11.5 Å². The fourth-order valence-corrected chi connectivity index (χ4v) is 2.33. The molecule has 1 saturated carbocycles. The number of rotatable bonds is 3. The van der Waals surface area contributed by atoms with E-state index >= 15 is 0 Å². The first kappa shape index (κ1) is 15.9. The van der Waals surface area contributed by atoms with E-state index in [1.54, 1.807) is 0 Å². The summed E-state index contributed by atoms with van der Waals surface area (Å²) in [5.41, 5.74) is 0. The van der Waals surface area contributed by atoms with Crippen molar-refractivity contribution >= 4 is 0 Å². The third-order valence-electron chi connectivity index (χ3n) is 3.59. The number of hydrogen-bond donors (Lipinski definition) is 5.